The van der Waals surface area contributed by atoms with Crippen LogP contribution in [0.15, 0.2) is 226 Å². The van der Waals surface area contributed by atoms with Crippen LogP contribution in [0.4, 0.5) is 0 Å². The third-order valence-corrected chi connectivity index (χ3v) is 26.4. The van der Waals surface area contributed by atoms with E-state index >= 15 is 0 Å². The van der Waals surface area contributed by atoms with Gasteiger partial charge in [0.15, 0.2) is 7.14 Å². The normalized spacial score (nSPS) is 12.0. The number of carbonyl (C=O) groups excluding carboxylic acids is 2. The van der Waals surface area contributed by atoms with E-state index < -0.39 is 50.9 Å². The van der Waals surface area contributed by atoms with E-state index in [4.69, 9.17) is 0 Å². The maximum absolute atomic E-state index is 12.9. The zero-order valence-electron chi connectivity index (χ0n) is 50.9. The molecule has 0 saturated heterocycles. The van der Waals surface area contributed by atoms with Crippen molar-refractivity contribution < 1.29 is 85.7 Å². The van der Waals surface area contributed by atoms with Gasteiger partial charge in [-0.15, -0.1) is 0 Å². The van der Waals surface area contributed by atoms with Crippen LogP contribution >= 0.6 is 0 Å². The minimum Gasteiger partial charge on any atom is -0.428 e. The number of rotatable bonds is 12. The Morgan fingerprint density at radius 3 is 0.795 bits per heavy atom. The van der Waals surface area contributed by atoms with Gasteiger partial charge in [0.1, 0.15) is 40.1 Å². The predicted molar refractivity (Wildman–Crippen MR) is 341 cm³/mol. The number of aryl methyl sites for hydroxylation is 4. The van der Waals surface area contributed by atoms with Gasteiger partial charge >= 0.3 is 42.4 Å². The summed E-state index contributed by atoms with van der Waals surface area (Å²) in [4.78, 5) is 25.3. The summed E-state index contributed by atoms with van der Waals surface area (Å²) in [5.41, 5.74) is 6.97. The van der Waals surface area contributed by atoms with Crippen molar-refractivity contribution in [2.45, 2.75) is 103 Å². The minimum absolute atomic E-state index is 0.149. The van der Waals surface area contributed by atoms with Crippen LogP contribution in [0, 0.1) is 66.7 Å². The van der Waals surface area contributed by atoms with Gasteiger partial charge in [0.25, 0.3) is 0 Å². The monoisotopic (exact) mass is 1480 g/mol. The molecule has 0 unspecified atom stereocenters. The van der Waals surface area contributed by atoms with E-state index in [0.717, 1.165) is 44.7 Å². The molecule has 0 fully saturated rings. The average Bonchev–Trinajstić information content (AvgIpc) is 1.69. The predicted octanol–water partition coefficient (Wildman–Crippen LogP) is 9.04. The lowest BCUT2D eigenvalue weighted by Crippen LogP contribution is -3.61. The van der Waals surface area contributed by atoms with Gasteiger partial charge in [-0.25, -0.2) is 33.7 Å². The smallest absolute Gasteiger partial charge is 0.360 e. The van der Waals surface area contributed by atoms with Crippen LogP contribution in [0.2, 0.25) is 0 Å². The molecule has 0 amide bonds. The van der Waals surface area contributed by atoms with Crippen LogP contribution in [0.3, 0.4) is 0 Å². The molecule has 0 spiro atoms. The second-order valence-corrected chi connectivity index (χ2v) is 35.3. The lowest BCUT2D eigenvalue weighted by Gasteiger charge is -2.21. The number of fused-ring (bicyclic) bond motifs is 2. The van der Waals surface area contributed by atoms with Crippen molar-refractivity contribution in [3.8, 4) is 0 Å². The van der Waals surface area contributed by atoms with Crippen LogP contribution in [0.1, 0.15) is 84.8 Å². The first-order valence-corrected chi connectivity index (χ1v) is 37.7. The number of hydrogen-bond acceptors (Lipinski definition) is 10. The molecule has 0 N–H and O–H groups in total. The first-order valence-electron chi connectivity index (χ1n) is 27.6. The van der Waals surface area contributed by atoms with E-state index in [0.29, 0.717) is 0 Å². The van der Waals surface area contributed by atoms with Crippen LogP contribution in [-0.2, 0) is 40.1 Å². The van der Waals surface area contributed by atoms with Crippen LogP contribution < -0.4 is 42.4 Å². The molecule has 2 heterocycles. The van der Waals surface area contributed by atoms with Crippen LogP contribution in [0.5, 0.6) is 0 Å². The number of carbonyl (C=O) groups is 2. The molecular weight excluding hydrogens is 1410 g/mol. The van der Waals surface area contributed by atoms with Gasteiger partial charge in [-0.3, -0.25) is 18.7 Å². The number of hydrogen-bond donors (Lipinski definition) is 0. The van der Waals surface area contributed by atoms with E-state index in [1.165, 1.54) is 73.6 Å². The van der Waals surface area contributed by atoms with Gasteiger partial charge in [0.2, 0.25) is 19.0 Å². The molecule has 0 radical (unpaired) electrons. The highest BCUT2D eigenvalue weighted by atomic mass is 127. The number of sulfonamides is 4. The first kappa shape index (κ1) is 68.8. The quantitative estimate of drug-likeness (QED) is 0.106. The van der Waals surface area contributed by atoms with Gasteiger partial charge < -0.3 is 8.25 Å². The number of nitrogens with zero attached hydrogens (tertiary/aromatic N) is 4. The molecule has 20 heteroatoms. The van der Waals surface area contributed by atoms with Gasteiger partial charge in [-0.2, -0.15) is 0 Å². The Hall–Kier alpha value is -6.64. The van der Waals surface area contributed by atoms with Crippen molar-refractivity contribution in [1.29, 1.82) is 0 Å². The Balaban J connectivity index is 0.000000168. The lowest BCUT2D eigenvalue weighted by atomic mass is 9.95. The van der Waals surface area contributed by atoms with E-state index in [9.17, 15) is 43.3 Å². The SMILES string of the molecule is Cc1c([I+]c2ccccc2)c2ccccc2n1C(=O)C(C)(C)C.Cc1c([I+]c2ccccc2)c2ccccc2n1C(=O)C(C)(C)C.Cc1ccc(S(=O)(=O)[N-]S(=O)(=O)c2ccc(C)cc2)cc1.Cc1ccc(S(=O)(=O)[N-]S(=O)(=O)c2ccc(C)cc2)cc1. The number of benzene rings is 8. The highest BCUT2D eigenvalue weighted by molar-refractivity contribution is 8.12. The standard InChI is InChI=1S/2C20H21INO.2C14H14NO4S2/c2*1-14-18(21-15-10-6-5-7-11-15)16-12-8-9-13-17(16)22(14)19(23)20(2,3)4;2*1-11-3-7-13(8-4-11)20(16,17)15-21(18,19)14-9-5-12(2)6-10-14/h2*5-13H,1-4H3;2*3-10H,1-2H3/q2*+1;2*-1. The molecule has 88 heavy (non-hydrogen) atoms. The van der Waals surface area contributed by atoms with E-state index in [1.807, 2.05) is 74.9 Å². The van der Waals surface area contributed by atoms with Crippen molar-refractivity contribution in [1.82, 2.24) is 9.13 Å². The molecule has 2 aromatic heterocycles. The molecule has 0 aliphatic heterocycles. The van der Waals surface area contributed by atoms with Gasteiger partial charge in [0.05, 0.1) is 33.2 Å². The molecule has 0 aliphatic carbocycles. The minimum atomic E-state index is -4.26. The van der Waals surface area contributed by atoms with Crippen molar-refractivity contribution in [3.63, 3.8) is 0 Å². The molecule has 0 atom stereocenters. The fraction of sp³-hybridized carbons (Fsp3) is 0.206. The highest BCUT2D eigenvalue weighted by Gasteiger charge is 2.34. The fourth-order valence-electron chi connectivity index (χ4n) is 8.53. The van der Waals surface area contributed by atoms with Crippen LogP contribution in [-0.4, -0.2) is 54.6 Å². The zero-order valence-corrected chi connectivity index (χ0v) is 58.5. The van der Waals surface area contributed by atoms with Gasteiger partial charge in [0, 0.05) is 30.4 Å². The molecule has 10 rings (SSSR count). The third kappa shape index (κ3) is 17.4. The maximum Gasteiger partial charge on any atom is 0.360 e. The van der Waals surface area contributed by atoms with Gasteiger partial charge in [-0.05, 0) is 139 Å². The Morgan fingerprint density at radius 2 is 0.557 bits per heavy atom. The summed E-state index contributed by atoms with van der Waals surface area (Å²) >= 11 is -0.619. The van der Waals surface area contributed by atoms with Crippen molar-refractivity contribution in [2.75, 3.05) is 0 Å². The highest BCUT2D eigenvalue weighted by Crippen LogP contribution is 2.30. The molecule has 10 aromatic rings. The third-order valence-electron chi connectivity index (χ3n) is 13.3. The molecule has 460 valence electrons. The van der Waals surface area contributed by atoms with Crippen molar-refractivity contribution in [2.24, 2.45) is 10.8 Å². The Kier molecular flexibility index (Phi) is 22.3. The Bertz CT molecular complexity index is 4140. The van der Waals surface area contributed by atoms with Crippen molar-refractivity contribution >= 4 is 73.7 Å². The summed E-state index contributed by atoms with van der Waals surface area (Å²) in [5.74, 6) is 0.323. The summed E-state index contributed by atoms with van der Waals surface area (Å²) in [6.07, 6.45) is 0. The Labute approximate surface area is 539 Å². The topological polar surface area (TPSA) is 209 Å². The molecule has 0 aliphatic rings. The Morgan fingerprint density at radius 1 is 0.330 bits per heavy atom. The number of para-hydroxylation sites is 2. The number of aromatic nitrogens is 2. The van der Waals surface area contributed by atoms with E-state index in [-0.39, 0.29) is 73.8 Å². The molecule has 14 nitrogen and oxygen atoms in total. The zero-order chi connectivity index (χ0) is 64.6. The summed E-state index contributed by atoms with van der Waals surface area (Å²) < 4.78 is 112. The largest absolute Gasteiger partial charge is 0.428 e. The van der Waals surface area contributed by atoms with Gasteiger partial charge in [-0.1, -0.05) is 173 Å². The van der Waals surface area contributed by atoms with E-state index in [1.54, 1.807) is 76.2 Å². The lowest BCUT2D eigenvalue weighted by molar-refractivity contribution is -0.596. The fourth-order valence-corrected chi connectivity index (χ4v) is 19.4. The summed E-state index contributed by atoms with van der Waals surface area (Å²) in [6, 6.07) is 61.1. The number of halogens is 2. The summed E-state index contributed by atoms with van der Waals surface area (Å²) in [7, 11) is -17.0. The maximum atomic E-state index is 12.9. The van der Waals surface area contributed by atoms with E-state index in [2.05, 4.69) is 107 Å². The van der Waals surface area contributed by atoms with Crippen LogP contribution in [0.25, 0.3) is 30.1 Å². The second-order valence-electron chi connectivity index (χ2n) is 22.7. The molecule has 0 bridgehead atoms. The summed E-state index contributed by atoms with van der Waals surface area (Å²) in [6.45, 7) is 23.3. The van der Waals surface area contributed by atoms with Crippen molar-refractivity contribution in [3.05, 3.63) is 262 Å². The molecular formula is C68H70I2N4O10S4. The summed E-state index contributed by atoms with van der Waals surface area (Å²) in [5, 5.41) is 2.44. The molecule has 8 aromatic carbocycles. The first-order chi connectivity index (χ1) is 41.2. The average molecular weight is 1490 g/mol. The molecule has 0 saturated carbocycles. The second kappa shape index (κ2) is 28.5.